The third kappa shape index (κ3) is 5.05. The van der Waals surface area contributed by atoms with Crippen LogP contribution in [0.1, 0.15) is 81.2 Å². The predicted molar refractivity (Wildman–Crippen MR) is 133 cm³/mol. The Hall–Kier alpha value is -2.27. The van der Waals surface area contributed by atoms with Crippen molar-refractivity contribution >= 4 is 5.91 Å². The topological polar surface area (TPSA) is 36.4 Å². The molecule has 4 nitrogen and oxygen atoms in total. The number of halogens is 1. The summed E-state index contributed by atoms with van der Waals surface area (Å²) in [5, 5.41) is 0. The molecule has 2 aliphatic heterocycles. The molecular weight excluding hydrogens is 425 g/mol. The molecule has 2 aromatic rings. The number of hydrogen-bond donors (Lipinski definition) is 0. The quantitative estimate of drug-likeness (QED) is 0.582. The number of rotatable bonds is 5. The van der Waals surface area contributed by atoms with E-state index >= 15 is 0 Å². The highest BCUT2D eigenvalue weighted by molar-refractivity contribution is 5.82. The first-order valence-corrected chi connectivity index (χ1v) is 13.2. The van der Waals surface area contributed by atoms with Gasteiger partial charge in [-0.25, -0.2) is 4.39 Å². The average Bonchev–Trinajstić information content (AvgIpc) is 3.41. The number of pyridine rings is 1. The van der Waals surface area contributed by atoms with E-state index in [0.717, 1.165) is 69.3 Å². The van der Waals surface area contributed by atoms with Crippen LogP contribution in [0, 0.1) is 11.2 Å². The van der Waals surface area contributed by atoms with Crippen LogP contribution in [0.2, 0.25) is 0 Å². The molecule has 3 heterocycles. The van der Waals surface area contributed by atoms with Crippen LogP contribution in [-0.2, 0) is 11.2 Å². The second kappa shape index (κ2) is 10.2. The highest BCUT2D eigenvalue weighted by Gasteiger charge is 2.42. The van der Waals surface area contributed by atoms with Crippen molar-refractivity contribution < 1.29 is 9.18 Å². The lowest BCUT2D eigenvalue weighted by molar-refractivity contribution is -0.145. The lowest BCUT2D eigenvalue weighted by atomic mass is 9.78. The lowest BCUT2D eigenvalue weighted by Gasteiger charge is -2.44. The van der Waals surface area contributed by atoms with Gasteiger partial charge in [-0.2, -0.15) is 0 Å². The number of likely N-dealkylation sites (tertiary alicyclic amines) is 2. The molecule has 3 fully saturated rings. The Morgan fingerprint density at radius 1 is 1.00 bits per heavy atom. The van der Waals surface area contributed by atoms with E-state index in [2.05, 4.69) is 22.8 Å². The second-order valence-corrected chi connectivity index (χ2v) is 10.9. The Labute approximate surface area is 203 Å². The van der Waals surface area contributed by atoms with Gasteiger partial charge in [-0.15, -0.1) is 0 Å². The van der Waals surface area contributed by atoms with Crippen LogP contribution in [0.4, 0.5) is 4.39 Å². The van der Waals surface area contributed by atoms with E-state index in [-0.39, 0.29) is 17.2 Å². The van der Waals surface area contributed by atoms with E-state index in [9.17, 15) is 9.18 Å². The number of aromatic nitrogens is 1. The zero-order valence-electron chi connectivity index (χ0n) is 20.5. The molecule has 1 aromatic carbocycles. The molecule has 1 atom stereocenters. The predicted octanol–water partition coefficient (Wildman–Crippen LogP) is 5.56. The molecule has 5 heteroatoms. The van der Waals surface area contributed by atoms with Crippen LogP contribution in [0.15, 0.2) is 42.5 Å². The number of carbonyl (C=O) groups excluding carboxylic acids is 1. The van der Waals surface area contributed by atoms with E-state index in [4.69, 9.17) is 4.98 Å². The summed E-state index contributed by atoms with van der Waals surface area (Å²) in [5.74, 6) is 0.405. The van der Waals surface area contributed by atoms with Gasteiger partial charge in [0.2, 0.25) is 5.91 Å². The smallest absolute Gasteiger partial charge is 0.228 e. The summed E-state index contributed by atoms with van der Waals surface area (Å²) in [5.41, 5.74) is 2.35. The van der Waals surface area contributed by atoms with E-state index in [1.807, 2.05) is 24.3 Å². The molecule has 0 bridgehead atoms. The SMILES string of the molecule is CC1(C(=O)N2CCCC(c3cccc(Cc4ccccc4F)n3)C2)CCN(C2CCCC2)CC1. The number of nitrogens with zero attached hydrogens (tertiary/aromatic N) is 3. The van der Waals surface area contributed by atoms with Crippen molar-refractivity contribution in [3.63, 3.8) is 0 Å². The number of piperidine rings is 2. The van der Waals surface area contributed by atoms with E-state index in [1.54, 1.807) is 6.07 Å². The monoisotopic (exact) mass is 463 g/mol. The van der Waals surface area contributed by atoms with Crippen molar-refractivity contribution in [2.45, 2.75) is 76.7 Å². The summed E-state index contributed by atoms with van der Waals surface area (Å²) < 4.78 is 14.1. The van der Waals surface area contributed by atoms with Crippen LogP contribution in [0.5, 0.6) is 0 Å². The fraction of sp³-hybridized carbons (Fsp3) is 0.586. The second-order valence-electron chi connectivity index (χ2n) is 10.9. The maximum Gasteiger partial charge on any atom is 0.228 e. The summed E-state index contributed by atoms with van der Waals surface area (Å²) >= 11 is 0. The van der Waals surface area contributed by atoms with Gasteiger partial charge in [0.1, 0.15) is 5.82 Å². The van der Waals surface area contributed by atoms with E-state index in [1.165, 1.54) is 31.7 Å². The number of hydrogen-bond acceptors (Lipinski definition) is 3. The minimum Gasteiger partial charge on any atom is -0.342 e. The summed E-state index contributed by atoms with van der Waals surface area (Å²) in [6.45, 7) is 5.91. The highest BCUT2D eigenvalue weighted by Crippen LogP contribution is 2.38. The molecule has 0 radical (unpaired) electrons. The molecule has 5 rings (SSSR count). The van der Waals surface area contributed by atoms with Crippen LogP contribution < -0.4 is 0 Å². The van der Waals surface area contributed by atoms with Gasteiger partial charge in [0.05, 0.1) is 0 Å². The van der Waals surface area contributed by atoms with E-state index < -0.39 is 0 Å². The summed E-state index contributed by atoms with van der Waals surface area (Å²) in [6.07, 6.45) is 9.89. The van der Waals surface area contributed by atoms with Gasteiger partial charge in [-0.1, -0.05) is 44.0 Å². The third-order valence-electron chi connectivity index (χ3n) is 8.54. The fourth-order valence-electron chi connectivity index (χ4n) is 6.31. The Kier molecular flexibility index (Phi) is 7.01. The molecule has 1 unspecified atom stereocenters. The molecule has 3 aliphatic rings. The number of benzene rings is 1. The molecule has 1 aromatic heterocycles. The highest BCUT2D eigenvalue weighted by atomic mass is 19.1. The minimum atomic E-state index is -0.239. The fourth-order valence-corrected chi connectivity index (χ4v) is 6.31. The number of amides is 1. The molecule has 182 valence electrons. The zero-order chi connectivity index (χ0) is 23.5. The average molecular weight is 464 g/mol. The van der Waals surface area contributed by atoms with Crippen molar-refractivity contribution in [2.75, 3.05) is 26.2 Å². The van der Waals surface area contributed by atoms with Crippen molar-refractivity contribution in [1.82, 2.24) is 14.8 Å². The van der Waals surface area contributed by atoms with Crippen LogP contribution in [-0.4, -0.2) is 52.9 Å². The molecule has 0 N–H and O–H groups in total. The first-order valence-electron chi connectivity index (χ1n) is 13.2. The third-order valence-corrected chi connectivity index (χ3v) is 8.54. The largest absolute Gasteiger partial charge is 0.342 e. The maximum absolute atomic E-state index is 14.1. The van der Waals surface area contributed by atoms with Gasteiger partial charge in [-0.3, -0.25) is 9.78 Å². The van der Waals surface area contributed by atoms with Gasteiger partial charge >= 0.3 is 0 Å². The Morgan fingerprint density at radius 3 is 2.53 bits per heavy atom. The Bertz CT molecular complexity index is 994. The van der Waals surface area contributed by atoms with Gasteiger partial charge in [0, 0.05) is 48.3 Å². The van der Waals surface area contributed by atoms with Gasteiger partial charge in [-0.05, 0) is 75.4 Å². The summed E-state index contributed by atoms with van der Waals surface area (Å²) in [6, 6.07) is 13.7. The van der Waals surface area contributed by atoms with Gasteiger partial charge in [0.15, 0.2) is 0 Å². The molecular formula is C29H38FN3O. The molecule has 2 saturated heterocycles. The van der Waals surface area contributed by atoms with Gasteiger partial charge < -0.3 is 9.80 Å². The van der Waals surface area contributed by atoms with Crippen molar-refractivity contribution in [3.05, 3.63) is 65.2 Å². The lowest BCUT2D eigenvalue weighted by Crippen LogP contribution is -2.52. The standard InChI is InChI=1S/C29H38FN3O/c1-29(15-18-32(19-16-29)25-11-3-4-12-25)28(34)33-17-7-9-23(21-33)27-14-6-10-24(31-27)20-22-8-2-5-13-26(22)30/h2,5-6,8,10,13-14,23,25H,3-4,7,9,11-12,15-21H2,1H3. The Morgan fingerprint density at radius 2 is 1.76 bits per heavy atom. The molecule has 1 aliphatic carbocycles. The zero-order valence-corrected chi connectivity index (χ0v) is 20.5. The summed E-state index contributed by atoms with van der Waals surface area (Å²) in [4.78, 5) is 23.3. The molecule has 34 heavy (non-hydrogen) atoms. The first kappa shape index (κ1) is 23.5. The molecule has 1 saturated carbocycles. The van der Waals surface area contributed by atoms with Gasteiger partial charge in [0.25, 0.3) is 0 Å². The van der Waals surface area contributed by atoms with Crippen molar-refractivity contribution in [3.8, 4) is 0 Å². The summed E-state index contributed by atoms with van der Waals surface area (Å²) in [7, 11) is 0. The van der Waals surface area contributed by atoms with Crippen molar-refractivity contribution in [2.24, 2.45) is 5.41 Å². The Balaban J connectivity index is 1.22. The maximum atomic E-state index is 14.1. The normalized spacial score (nSPS) is 23.8. The first-order chi connectivity index (χ1) is 16.5. The van der Waals surface area contributed by atoms with Crippen LogP contribution in [0.25, 0.3) is 0 Å². The molecule has 0 spiro atoms. The number of carbonyl (C=O) groups is 1. The van der Waals surface area contributed by atoms with Crippen LogP contribution >= 0.6 is 0 Å². The van der Waals surface area contributed by atoms with Crippen molar-refractivity contribution in [1.29, 1.82) is 0 Å². The van der Waals surface area contributed by atoms with E-state index in [0.29, 0.717) is 17.9 Å². The van der Waals surface area contributed by atoms with Crippen LogP contribution in [0.3, 0.4) is 0 Å². The minimum absolute atomic E-state index is 0.184. The molecule has 1 amide bonds.